The molecular formula is C21H19ClFN5O5. The fourth-order valence-electron chi connectivity index (χ4n) is 3.21. The minimum absolute atomic E-state index is 0.0882. The van der Waals surface area contributed by atoms with Gasteiger partial charge in [0, 0.05) is 30.8 Å². The van der Waals surface area contributed by atoms with E-state index in [9.17, 15) is 14.0 Å². The van der Waals surface area contributed by atoms with E-state index in [4.69, 9.17) is 25.7 Å². The largest absolute Gasteiger partial charge is 0.462 e. The summed E-state index contributed by atoms with van der Waals surface area (Å²) in [6.45, 7) is 1.96. The molecule has 1 atom stereocenters. The molecule has 0 spiro atoms. The molecule has 0 radical (unpaired) electrons. The number of pyridine rings is 1. The average Bonchev–Trinajstić information content (AvgIpc) is 3.41. The van der Waals surface area contributed by atoms with Crippen LogP contribution in [0.3, 0.4) is 0 Å². The van der Waals surface area contributed by atoms with Gasteiger partial charge in [0.25, 0.3) is 5.89 Å². The second-order valence-corrected chi connectivity index (χ2v) is 7.42. The Morgan fingerprint density at radius 3 is 2.85 bits per heavy atom. The summed E-state index contributed by atoms with van der Waals surface area (Å²) in [6, 6.07) is 7.75. The number of hydrogen-bond donors (Lipinski definition) is 1. The van der Waals surface area contributed by atoms with E-state index in [-0.39, 0.29) is 32.0 Å². The standard InChI is InChI=1S/C21H19ClFN5O5/c1-12-26-27-20(32-12)18-5-2-13(9-24-18)16-4-3-14(8-17(16)23)28-10-15(33-21(28)30)11-31-19(29)6-7-25-22/h2-5,8-9,15,25H,6-7,10-11H2,1H3/t15-/m1/s1. The first-order valence-corrected chi connectivity index (χ1v) is 10.4. The predicted octanol–water partition coefficient (Wildman–Crippen LogP) is 3.25. The molecule has 0 bridgehead atoms. The number of nitrogens with zero attached hydrogens (tertiary/aromatic N) is 4. The van der Waals surface area contributed by atoms with Crippen molar-refractivity contribution in [1.29, 1.82) is 0 Å². The molecule has 1 fully saturated rings. The summed E-state index contributed by atoms with van der Waals surface area (Å²) < 4.78 is 30.5. The fraction of sp³-hybridized carbons (Fsp3) is 0.286. The number of nitrogens with one attached hydrogen (secondary N) is 1. The number of rotatable bonds is 8. The molecule has 10 nitrogen and oxygen atoms in total. The van der Waals surface area contributed by atoms with Crippen molar-refractivity contribution in [2.75, 3.05) is 24.6 Å². The third-order valence-electron chi connectivity index (χ3n) is 4.81. The maximum absolute atomic E-state index is 14.9. The number of ether oxygens (including phenoxy) is 2. The lowest BCUT2D eigenvalue weighted by Crippen LogP contribution is -2.27. The first kappa shape index (κ1) is 22.6. The topological polar surface area (TPSA) is 120 Å². The van der Waals surface area contributed by atoms with Gasteiger partial charge in [0.1, 0.15) is 18.1 Å². The van der Waals surface area contributed by atoms with E-state index in [0.29, 0.717) is 28.4 Å². The minimum atomic E-state index is -0.654. The van der Waals surface area contributed by atoms with Crippen molar-refractivity contribution in [1.82, 2.24) is 20.0 Å². The highest BCUT2D eigenvalue weighted by molar-refractivity contribution is 6.13. The molecule has 0 saturated carbocycles. The highest BCUT2D eigenvalue weighted by Gasteiger charge is 2.33. The van der Waals surface area contributed by atoms with Gasteiger partial charge in [-0.1, -0.05) is 6.07 Å². The number of amides is 1. The van der Waals surface area contributed by atoms with Gasteiger partial charge in [0.2, 0.25) is 5.89 Å². The van der Waals surface area contributed by atoms with E-state index in [1.807, 2.05) is 0 Å². The van der Waals surface area contributed by atoms with Crippen molar-refractivity contribution >= 4 is 29.5 Å². The van der Waals surface area contributed by atoms with Crippen LogP contribution in [0.15, 0.2) is 40.9 Å². The number of anilines is 1. The fourth-order valence-corrected chi connectivity index (χ4v) is 3.31. The molecule has 33 heavy (non-hydrogen) atoms. The Morgan fingerprint density at radius 1 is 1.33 bits per heavy atom. The lowest BCUT2D eigenvalue weighted by atomic mass is 10.1. The SMILES string of the molecule is Cc1nnc(-c2ccc(-c3ccc(N4C[C@H](COC(=O)CCNCl)OC4=O)cc3F)cn2)o1. The quantitative estimate of drug-likeness (QED) is 0.386. The molecular weight excluding hydrogens is 457 g/mol. The second-order valence-electron chi connectivity index (χ2n) is 7.16. The lowest BCUT2D eigenvalue weighted by molar-refractivity contribution is -0.145. The van der Waals surface area contributed by atoms with Crippen LogP contribution in [0.4, 0.5) is 14.9 Å². The van der Waals surface area contributed by atoms with Gasteiger partial charge in [0.15, 0.2) is 6.10 Å². The monoisotopic (exact) mass is 475 g/mol. The molecule has 1 saturated heterocycles. The van der Waals surface area contributed by atoms with Crippen molar-refractivity contribution < 1.29 is 27.9 Å². The smallest absolute Gasteiger partial charge is 0.414 e. The zero-order valence-electron chi connectivity index (χ0n) is 17.5. The van der Waals surface area contributed by atoms with Crippen molar-refractivity contribution in [2.24, 2.45) is 0 Å². The number of aryl methyl sites for hydroxylation is 1. The summed E-state index contributed by atoms with van der Waals surface area (Å²) in [5, 5.41) is 7.66. The molecule has 2 aromatic heterocycles. The van der Waals surface area contributed by atoms with Gasteiger partial charge in [-0.15, -0.1) is 10.2 Å². The second kappa shape index (κ2) is 9.92. The Labute approximate surface area is 192 Å². The summed E-state index contributed by atoms with van der Waals surface area (Å²) >= 11 is 5.30. The van der Waals surface area contributed by atoms with Crippen LogP contribution in [0, 0.1) is 12.7 Å². The van der Waals surface area contributed by atoms with E-state index in [1.54, 1.807) is 31.2 Å². The maximum atomic E-state index is 14.9. The van der Waals surface area contributed by atoms with E-state index in [1.165, 1.54) is 17.2 Å². The minimum Gasteiger partial charge on any atom is -0.462 e. The lowest BCUT2D eigenvalue weighted by Gasteiger charge is -2.14. The van der Waals surface area contributed by atoms with Gasteiger partial charge in [-0.05, 0) is 36.0 Å². The van der Waals surface area contributed by atoms with E-state index in [0.717, 1.165) is 0 Å². The molecule has 1 aromatic carbocycles. The van der Waals surface area contributed by atoms with Crippen molar-refractivity contribution in [3.63, 3.8) is 0 Å². The molecule has 3 heterocycles. The van der Waals surface area contributed by atoms with Gasteiger partial charge >= 0.3 is 12.1 Å². The molecule has 3 aromatic rings. The van der Waals surface area contributed by atoms with Crippen LogP contribution in [0.25, 0.3) is 22.7 Å². The molecule has 172 valence electrons. The summed E-state index contributed by atoms with van der Waals surface area (Å²) in [4.78, 5) is 31.7. The Kier molecular flexibility index (Phi) is 6.80. The third kappa shape index (κ3) is 5.26. The van der Waals surface area contributed by atoms with Crippen LogP contribution < -0.4 is 9.74 Å². The predicted molar refractivity (Wildman–Crippen MR) is 115 cm³/mol. The molecule has 4 rings (SSSR count). The van der Waals surface area contributed by atoms with Gasteiger partial charge in [-0.2, -0.15) is 0 Å². The number of halogens is 2. The van der Waals surface area contributed by atoms with Crippen molar-refractivity contribution in [3.8, 4) is 22.7 Å². The molecule has 1 aliphatic rings. The van der Waals surface area contributed by atoms with E-state index in [2.05, 4.69) is 20.0 Å². The molecule has 12 heteroatoms. The van der Waals surface area contributed by atoms with Crippen LogP contribution in [0.1, 0.15) is 12.3 Å². The summed E-state index contributed by atoms with van der Waals surface area (Å²) in [5.41, 5.74) is 1.65. The number of aromatic nitrogens is 3. The Balaban J connectivity index is 1.42. The average molecular weight is 476 g/mol. The van der Waals surface area contributed by atoms with Gasteiger partial charge in [0.05, 0.1) is 18.7 Å². The molecule has 0 aliphatic carbocycles. The number of esters is 1. The van der Waals surface area contributed by atoms with Crippen LogP contribution in [-0.4, -0.2) is 53.0 Å². The summed E-state index contributed by atoms with van der Waals surface area (Å²) in [7, 11) is 0. The van der Waals surface area contributed by atoms with Crippen molar-refractivity contribution in [3.05, 3.63) is 48.2 Å². The highest BCUT2D eigenvalue weighted by atomic mass is 35.5. The Morgan fingerprint density at radius 2 is 2.18 bits per heavy atom. The van der Waals surface area contributed by atoms with E-state index < -0.39 is 24.0 Å². The summed E-state index contributed by atoms with van der Waals surface area (Å²) in [5.74, 6) is -0.311. The number of carbonyl (C=O) groups is 2. The first-order chi connectivity index (χ1) is 15.9. The molecule has 1 amide bonds. The number of benzene rings is 1. The normalized spacial score (nSPS) is 15.5. The maximum Gasteiger partial charge on any atom is 0.414 e. The molecule has 1 aliphatic heterocycles. The summed E-state index contributed by atoms with van der Waals surface area (Å²) in [6.07, 6.45) is 0.288. The molecule has 1 N–H and O–H groups in total. The van der Waals surface area contributed by atoms with Crippen LogP contribution in [0.5, 0.6) is 0 Å². The number of hydrogen-bond acceptors (Lipinski definition) is 9. The van der Waals surface area contributed by atoms with Crippen LogP contribution in [0.2, 0.25) is 0 Å². The Hall–Kier alpha value is -3.57. The zero-order chi connectivity index (χ0) is 23.4. The van der Waals surface area contributed by atoms with Crippen molar-refractivity contribution in [2.45, 2.75) is 19.4 Å². The third-order valence-corrected chi connectivity index (χ3v) is 5.00. The Bertz CT molecular complexity index is 1160. The van der Waals surface area contributed by atoms with E-state index >= 15 is 0 Å². The first-order valence-electron chi connectivity index (χ1n) is 9.98. The van der Waals surface area contributed by atoms with Gasteiger partial charge < -0.3 is 13.9 Å². The molecule has 0 unspecified atom stereocenters. The number of cyclic esters (lactones) is 1. The van der Waals surface area contributed by atoms with Gasteiger partial charge in [-0.3, -0.25) is 14.7 Å². The number of carbonyl (C=O) groups excluding carboxylic acids is 2. The highest BCUT2D eigenvalue weighted by Crippen LogP contribution is 2.29. The zero-order valence-corrected chi connectivity index (χ0v) is 18.2. The van der Waals surface area contributed by atoms with Crippen LogP contribution >= 0.6 is 11.8 Å². The van der Waals surface area contributed by atoms with Gasteiger partial charge in [-0.25, -0.2) is 14.0 Å². The van der Waals surface area contributed by atoms with Crippen LogP contribution in [-0.2, 0) is 14.3 Å².